The van der Waals surface area contributed by atoms with Crippen molar-refractivity contribution in [2.45, 2.75) is 51.6 Å². The van der Waals surface area contributed by atoms with Crippen LogP contribution >= 0.6 is 0 Å². The van der Waals surface area contributed by atoms with Crippen LogP contribution in [-0.4, -0.2) is 46.0 Å². The van der Waals surface area contributed by atoms with Crippen LogP contribution in [0.4, 0.5) is 10.1 Å². The SMILES string of the molecule is CCCC(C(=O)NC(CC(=O)O)C(=O)CF)n1cccc(NC(=O)CC)c1=O. The second-order valence-corrected chi connectivity index (χ2v) is 6.10. The molecule has 154 valence electrons. The van der Waals surface area contributed by atoms with Crippen molar-refractivity contribution < 1.29 is 28.7 Å². The summed E-state index contributed by atoms with van der Waals surface area (Å²) >= 11 is 0. The molecule has 0 spiro atoms. The number of rotatable bonds is 11. The van der Waals surface area contributed by atoms with Crippen molar-refractivity contribution >= 4 is 29.3 Å². The Morgan fingerprint density at radius 3 is 2.46 bits per heavy atom. The molecule has 2 unspecified atom stereocenters. The van der Waals surface area contributed by atoms with E-state index < -0.39 is 48.4 Å². The highest BCUT2D eigenvalue weighted by Gasteiger charge is 2.28. The first-order valence-corrected chi connectivity index (χ1v) is 8.86. The summed E-state index contributed by atoms with van der Waals surface area (Å²) in [6, 6.07) is 0.282. The van der Waals surface area contributed by atoms with E-state index in [4.69, 9.17) is 5.11 Å². The van der Waals surface area contributed by atoms with Gasteiger partial charge in [-0.25, -0.2) is 4.39 Å². The standard InChI is InChI=1S/C18H24FN3O6/c1-3-6-13(17(27)21-12(9-16(25)26)14(23)10-19)22-8-5-7-11(18(22)28)20-15(24)4-2/h5,7-8,12-13H,3-4,6,9-10H2,1-2H3,(H,20,24)(H,21,27)(H,25,26). The van der Waals surface area contributed by atoms with Crippen LogP contribution in [0.15, 0.2) is 23.1 Å². The molecule has 1 aromatic rings. The number of aromatic nitrogens is 1. The van der Waals surface area contributed by atoms with Gasteiger partial charge in [0.05, 0.1) is 6.42 Å². The van der Waals surface area contributed by atoms with Gasteiger partial charge in [-0.3, -0.25) is 24.0 Å². The Labute approximate surface area is 160 Å². The second kappa shape index (κ2) is 11.0. The van der Waals surface area contributed by atoms with Gasteiger partial charge < -0.3 is 20.3 Å². The number of carboxylic acids is 1. The van der Waals surface area contributed by atoms with Crippen molar-refractivity contribution in [3.63, 3.8) is 0 Å². The lowest BCUT2D eigenvalue weighted by Crippen LogP contribution is -2.47. The number of anilines is 1. The van der Waals surface area contributed by atoms with Crippen LogP contribution in [0, 0.1) is 0 Å². The third kappa shape index (κ3) is 6.29. The number of hydrogen-bond donors (Lipinski definition) is 3. The van der Waals surface area contributed by atoms with Gasteiger partial charge in [0.25, 0.3) is 5.56 Å². The molecule has 0 fully saturated rings. The number of carboxylic acid groups (broad SMARTS) is 1. The molecular formula is C18H24FN3O6. The molecule has 28 heavy (non-hydrogen) atoms. The maximum absolute atomic E-state index is 12.7. The van der Waals surface area contributed by atoms with Crippen molar-refractivity contribution in [3.8, 4) is 0 Å². The van der Waals surface area contributed by atoms with Crippen molar-refractivity contribution in [2.75, 3.05) is 12.0 Å². The predicted molar refractivity (Wildman–Crippen MR) is 98.7 cm³/mol. The number of halogens is 1. The van der Waals surface area contributed by atoms with Gasteiger partial charge in [0, 0.05) is 12.6 Å². The topological polar surface area (TPSA) is 135 Å². The lowest BCUT2D eigenvalue weighted by atomic mass is 10.1. The molecule has 1 rings (SSSR count). The van der Waals surface area contributed by atoms with Crippen molar-refractivity contribution in [1.82, 2.24) is 9.88 Å². The number of alkyl halides is 1. The average Bonchev–Trinajstić information content (AvgIpc) is 2.66. The minimum Gasteiger partial charge on any atom is -0.481 e. The fourth-order valence-corrected chi connectivity index (χ4v) is 2.54. The Kier molecular flexibility index (Phi) is 9.00. The number of carbonyl (C=O) groups excluding carboxylic acids is 3. The van der Waals surface area contributed by atoms with Gasteiger partial charge in [0.2, 0.25) is 11.8 Å². The highest BCUT2D eigenvalue weighted by molar-refractivity contribution is 5.93. The van der Waals surface area contributed by atoms with Crippen molar-refractivity contribution in [1.29, 1.82) is 0 Å². The molecule has 3 N–H and O–H groups in total. The number of ketones is 1. The molecule has 2 atom stereocenters. The van der Waals surface area contributed by atoms with Gasteiger partial charge in [-0.05, 0) is 18.6 Å². The third-order valence-electron chi connectivity index (χ3n) is 3.99. The molecule has 0 saturated heterocycles. The zero-order chi connectivity index (χ0) is 21.3. The van der Waals surface area contributed by atoms with E-state index >= 15 is 0 Å². The van der Waals surface area contributed by atoms with E-state index in [1.807, 2.05) is 0 Å². The number of pyridine rings is 1. The zero-order valence-corrected chi connectivity index (χ0v) is 15.7. The predicted octanol–water partition coefficient (Wildman–Crippen LogP) is 1.04. The first kappa shape index (κ1) is 23.0. The summed E-state index contributed by atoms with van der Waals surface area (Å²) in [4.78, 5) is 59.4. The second-order valence-electron chi connectivity index (χ2n) is 6.10. The van der Waals surface area contributed by atoms with Gasteiger partial charge in [-0.1, -0.05) is 20.3 Å². The summed E-state index contributed by atoms with van der Waals surface area (Å²) in [6.45, 7) is 1.97. The number of hydrogen-bond acceptors (Lipinski definition) is 5. The molecule has 0 bridgehead atoms. The van der Waals surface area contributed by atoms with Crippen LogP contribution in [0.3, 0.4) is 0 Å². The molecule has 1 heterocycles. The molecule has 10 heteroatoms. The molecule has 0 aliphatic rings. The van der Waals surface area contributed by atoms with Gasteiger partial charge in [-0.15, -0.1) is 0 Å². The summed E-state index contributed by atoms with van der Waals surface area (Å²) in [6.07, 6.45) is 1.45. The van der Waals surface area contributed by atoms with E-state index in [0.29, 0.717) is 6.42 Å². The van der Waals surface area contributed by atoms with Gasteiger partial charge in [0.15, 0.2) is 5.78 Å². The fraction of sp³-hybridized carbons (Fsp3) is 0.500. The largest absolute Gasteiger partial charge is 0.481 e. The number of Topliss-reactive ketones (excluding diaryl/α,β-unsaturated/α-hetero) is 1. The minimum absolute atomic E-state index is 0.00910. The first-order valence-electron chi connectivity index (χ1n) is 8.86. The summed E-state index contributed by atoms with van der Waals surface area (Å²) in [7, 11) is 0. The van der Waals surface area contributed by atoms with E-state index in [-0.39, 0.29) is 24.4 Å². The Bertz CT molecular complexity index is 792. The van der Waals surface area contributed by atoms with Crippen LogP contribution in [0.2, 0.25) is 0 Å². The molecular weight excluding hydrogens is 373 g/mol. The molecule has 0 aliphatic heterocycles. The van der Waals surface area contributed by atoms with Gasteiger partial charge >= 0.3 is 5.97 Å². The van der Waals surface area contributed by atoms with Crippen molar-refractivity contribution in [3.05, 3.63) is 28.7 Å². The number of nitrogens with one attached hydrogen (secondary N) is 2. The average molecular weight is 397 g/mol. The van der Waals surface area contributed by atoms with Crippen LogP contribution in [-0.2, 0) is 19.2 Å². The number of nitrogens with zero attached hydrogens (tertiary/aromatic N) is 1. The molecule has 2 amide bonds. The number of carbonyl (C=O) groups is 4. The zero-order valence-electron chi connectivity index (χ0n) is 15.7. The molecule has 0 aliphatic carbocycles. The van der Waals surface area contributed by atoms with E-state index in [1.54, 1.807) is 13.8 Å². The monoisotopic (exact) mass is 397 g/mol. The molecule has 0 radical (unpaired) electrons. The van der Waals surface area contributed by atoms with Crippen LogP contribution in [0.1, 0.15) is 45.6 Å². The minimum atomic E-state index is -1.53. The third-order valence-corrected chi connectivity index (χ3v) is 3.99. The van der Waals surface area contributed by atoms with Crippen LogP contribution in [0.25, 0.3) is 0 Å². The molecule has 1 aromatic heterocycles. The normalized spacial score (nSPS) is 12.7. The van der Waals surface area contributed by atoms with E-state index in [2.05, 4.69) is 10.6 Å². The lowest BCUT2D eigenvalue weighted by molar-refractivity contribution is -0.140. The lowest BCUT2D eigenvalue weighted by Gasteiger charge is -2.22. The summed E-state index contributed by atoms with van der Waals surface area (Å²) < 4.78 is 13.8. The van der Waals surface area contributed by atoms with E-state index in [1.165, 1.54) is 18.3 Å². The van der Waals surface area contributed by atoms with Gasteiger partial charge in [0.1, 0.15) is 24.4 Å². The van der Waals surface area contributed by atoms with Crippen LogP contribution < -0.4 is 16.2 Å². The summed E-state index contributed by atoms with van der Waals surface area (Å²) in [5, 5.41) is 13.5. The highest BCUT2D eigenvalue weighted by Crippen LogP contribution is 2.14. The number of amides is 2. The Morgan fingerprint density at radius 1 is 1.25 bits per heavy atom. The first-order chi connectivity index (χ1) is 13.2. The fourth-order valence-electron chi connectivity index (χ4n) is 2.54. The Balaban J connectivity index is 3.18. The maximum Gasteiger partial charge on any atom is 0.305 e. The number of aliphatic carboxylic acids is 1. The van der Waals surface area contributed by atoms with Crippen LogP contribution in [0.5, 0.6) is 0 Å². The summed E-state index contributed by atoms with van der Waals surface area (Å²) in [5.41, 5.74) is -0.630. The smallest absolute Gasteiger partial charge is 0.305 e. The van der Waals surface area contributed by atoms with E-state index in [9.17, 15) is 28.4 Å². The summed E-state index contributed by atoms with van der Waals surface area (Å²) in [5.74, 6) is -3.60. The van der Waals surface area contributed by atoms with E-state index in [0.717, 1.165) is 4.57 Å². The highest BCUT2D eigenvalue weighted by atomic mass is 19.1. The maximum atomic E-state index is 12.7. The van der Waals surface area contributed by atoms with Gasteiger partial charge in [-0.2, -0.15) is 0 Å². The molecule has 0 saturated carbocycles. The Hall–Kier alpha value is -3.04. The molecule has 9 nitrogen and oxygen atoms in total. The quantitative estimate of drug-likeness (QED) is 0.511. The van der Waals surface area contributed by atoms with Crippen molar-refractivity contribution in [2.24, 2.45) is 0 Å². The molecule has 0 aromatic carbocycles. The Morgan fingerprint density at radius 2 is 1.93 bits per heavy atom.